The van der Waals surface area contributed by atoms with Gasteiger partial charge in [0.25, 0.3) is 0 Å². The first-order valence-corrected chi connectivity index (χ1v) is 5.99. The zero-order valence-electron chi connectivity index (χ0n) is 10.1. The van der Waals surface area contributed by atoms with Gasteiger partial charge in [-0.2, -0.15) is 0 Å². The van der Waals surface area contributed by atoms with Crippen LogP contribution >= 0.6 is 11.6 Å². The lowest BCUT2D eigenvalue weighted by molar-refractivity contribution is 0.415. The van der Waals surface area contributed by atoms with Gasteiger partial charge in [-0.25, -0.2) is 4.39 Å². The van der Waals surface area contributed by atoms with E-state index in [9.17, 15) is 4.39 Å². The highest BCUT2D eigenvalue weighted by Crippen LogP contribution is 2.25. The molecular weight excluding hydrogens is 257 g/mol. The summed E-state index contributed by atoms with van der Waals surface area (Å²) in [5.41, 5.74) is 0.603. The number of benzene rings is 1. The monoisotopic (exact) mass is 269 g/mol. The predicted molar refractivity (Wildman–Crippen MR) is 66.8 cm³/mol. The van der Waals surface area contributed by atoms with Crippen molar-refractivity contribution < 1.29 is 8.81 Å². The number of rotatable bonds is 4. The lowest BCUT2D eigenvalue weighted by Gasteiger charge is -2.07. The van der Waals surface area contributed by atoms with E-state index in [2.05, 4.69) is 15.5 Å². The summed E-state index contributed by atoms with van der Waals surface area (Å²) < 4.78 is 18.6. The molecule has 18 heavy (non-hydrogen) atoms. The van der Waals surface area contributed by atoms with E-state index in [-0.39, 0.29) is 11.1 Å². The third-order valence-electron chi connectivity index (χ3n) is 2.66. The van der Waals surface area contributed by atoms with E-state index in [1.54, 1.807) is 6.07 Å². The second kappa shape index (κ2) is 5.46. The Labute approximate surface area is 109 Å². The van der Waals surface area contributed by atoms with Crippen molar-refractivity contribution in [3.05, 3.63) is 34.9 Å². The van der Waals surface area contributed by atoms with Crippen molar-refractivity contribution in [2.24, 2.45) is 0 Å². The van der Waals surface area contributed by atoms with Crippen molar-refractivity contribution in [2.45, 2.75) is 19.4 Å². The van der Waals surface area contributed by atoms with E-state index >= 15 is 0 Å². The Hall–Kier alpha value is -1.46. The van der Waals surface area contributed by atoms with Gasteiger partial charge in [0.2, 0.25) is 11.8 Å². The molecular formula is C12H13ClFN3O. The summed E-state index contributed by atoms with van der Waals surface area (Å²) in [4.78, 5) is 0. The van der Waals surface area contributed by atoms with E-state index in [1.807, 2.05) is 14.0 Å². The minimum atomic E-state index is -0.471. The summed E-state index contributed by atoms with van der Waals surface area (Å²) in [5.74, 6) is 0.373. The molecule has 1 heterocycles. The van der Waals surface area contributed by atoms with Crippen LogP contribution in [0.25, 0.3) is 11.5 Å². The van der Waals surface area contributed by atoms with Gasteiger partial charge >= 0.3 is 0 Å². The second-order valence-electron chi connectivity index (χ2n) is 3.82. The maximum Gasteiger partial charge on any atom is 0.247 e. The van der Waals surface area contributed by atoms with Gasteiger partial charge in [-0.3, -0.25) is 0 Å². The van der Waals surface area contributed by atoms with Crippen molar-refractivity contribution in [2.75, 3.05) is 7.05 Å². The van der Waals surface area contributed by atoms with Crippen molar-refractivity contribution >= 4 is 11.6 Å². The number of hydrogen-bond donors (Lipinski definition) is 1. The highest BCUT2D eigenvalue weighted by molar-refractivity contribution is 6.31. The van der Waals surface area contributed by atoms with Crippen molar-refractivity contribution in [3.8, 4) is 11.5 Å². The molecule has 0 radical (unpaired) electrons. The topological polar surface area (TPSA) is 51.0 Å². The van der Waals surface area contributed by atoms with Gasteiger partial charge in [-0.05, 0) is 31.7 Å². The summed E-state index contributed by atoms with van der Waals surface area (Å²) in [6.07, 6.45) is 0.836. The van der Waals surface area contributed by atoms with E-state index in [0.717, 1.165) is 6.42 Å². The van der Waals surface area contributed by atoms with Crippen LogP contribution in [0.4, 0.5) is 4.39 Å². The number of nitrogens with one attached hydrogen (secondary N) is 1. The molecule has 0 saturated heterocycles. The first-order valence-electron chi connectivity index (χ1n) is 5.61. The molecule has 2 aromatic rings. The lowest BCUT2D eigenvalue weighted by Crippen LogP contribution is -2.15. The van der Waals surface area contributed by atoms with Crippen LogP contribution in [0.2, 0.25) is 5.02 Å². The van der Waals surface area contributed by atoms with Gasteiger partial charge in [0.15, 0.2) is 0 Å². The Morgan fingerprint density at radius 2 is 2.22 bits per heavy atom. The minimum absolute atomic E-state index is 0.0159. The smallest absolute Gasteiger partial charge is 0.247 e. The average molecular weight is 270 g/mol. The van der Waals surface area contributed by atoms with Gasteiger partial charge < -0.3 is 9.73 Å². The third kappa shape index (κ3) is 2.52. The third-order valence-corrected chi connectivity index (χ3v) is 2.95. The van der Waals surface area contributed by atoms with Gasteiger partial charge in [0.1, 0.15) is 5.82 Å². The Kier molecular flexibility index (Phi) is 3.93. The molecule has 2 rings (SSSR count). The molecule has 0 amide bonds. The Morgan fingerprint density at radius 1 is 1.44 bits per heavy atom. The number of nitrogens with zero attached hydrogens (tertiary/aromatic N) is 2. The standard InChI is InChI=1S/C12H13ClFN3O/c1-3-10(15-2)12-17-16-11(18-12)7-4-5-9(14)8(13)6-7/h4-6,10,15H,3H2,1-2H3. The largest absolute Gasteiger partial charge is 0.419 e. The van der Waals surface area contributed by atoms with Crippen molar-refractivity contribution in [1.29, 1.82) is 0 Å². The summed E-state index contributed by atoms with van der Waals surface area (Å²) >= 11 is 5.71. The molecule has 0 aliphatic rings. The molecule has 1 N–H and O–H groups in total. The molecule has 0 aliphatic heterocycles. The van der Waals surface area contributed by atoms with Crippen LogP contribution in [0.3, 0.4) is 0 Å². The number of halogens is 2. The van der Waals surface area contributed by atoms with Gasteiger partial charge in [-0.15, -0.1) is 10.2 Å². The highest BCUT2D eigenvalue weighted by atomic mass is 35.5. The van der Waals surface area contributed by atoms with Crippen LogP contribution in [0.5, 0.6) is 0 Å². The molecule has 0 bridgehead atoms. The normalized spacial score (nSPS) is 12.7. The quantitative estimate of drug-likeness (QED) is 0.926. The molecule has 1 aromatic heterocycles. The Bertz CT molecular complexity index is 540. The average Bonchev–Trinajstić information content (AvgIpc) is 2.84. The molecule has 0 aliphatic carbocycles. The van der Waals surface area contributed by atoms with Crippen LogP contribution in [0, 0.1) is 5.82 Å². The Morgan fingerprint density at radius 3 is 2.83 bits per heavy atom. The van der Waals surface area contributed by atoms with Gasteiger partial charge in [0.05, 0.1) is 11.1 Å². The fourth-order valence-corrected chi connectivity index (χ4v) is 1.80. The fraction of sp³-hybridized carbons (Fsp3) is 0.333. The minimum Gasteiger partial charge on any atom is -0.419 e. The van der Waals surface area contributed by atoms with Crippen LogP contribution < -0.4 is 5.32 Å². The first kappa shape index (κ1) is 13.0. The highest BCUT2D eigenvalue weighted by Gasteiger charge is 2.16. The maximum absolute atomic E-state index is 13.0. The maximum atomic E-state index is 13.0. The Balaban J connectivity index is 2.31. The zero-order chi connectivity index (χ0) is 13.1. The zero-order valence-corrected chi connectivity index (χ0v) is 10.8. The van der Waals surface area contributed by atoms with Crippen LogP contribution in [0.15, 0.2) is 22.6 Å². The molecule has 1 aromatic carbocycles. The molecule has 4 nitrogen and oxygen atoms in total. The van der Waals surface area contributed by atoms with Crippen LogP contribution in [0.1, 0.15) is 25.3 Å². The van der Waals surface area contributed by atoms with Gasteiger partial charge in [0, 0.05) is 5.56 Å². The summed E-state index contributed by atoms with van der Waals surface area (Å²) in [7, 11) is 1.83. The SMILES string of the molecule is CCC(NC)c1nnc(-c2ccc(F)c(Cl)c2)o1. The molecule has 1 atom stereocenters. The lowest BCUT2D eigenvalue weighted by atomic mass is 10.2. The molecule has 0 fully saturated rings. The summed E-state index contributed by atoms with van der Waals surface area (Å²) in [5, 5.41) is 11.0. The van der Waals surface area contributed by atoms with Crippen LogP contribution in [-0.4, -0.2) is 17.2 Å². The molecule has 6 heteroatoms. The van der Waals surface area contributed by atoms with Gasteiger partial charge in [-0.1, -0.05) is 18.5 Å². The van der Waals surface area contributed by atoms with Crippen LogP contribution in [-0.2, 0) is 0 Å². The second-order valence-corrected chi connectivity index (χ2v) is 4.23. The fourth-order valence-electron chi connectivity index (χ4n) is 1.62. The van der Waals surface area contributed by atoms with Crippen molar-refractivity contribution in [1.82, 2.24) is 15.5 Å². The molecule has 1 unspecified atom stereocenters. The van der Waals surface area contributed by atoms with E-state index in [4.69, 9.17) is 16.0 Å². The van der Waals surface area contributed by atoms with E-state index < -0.39 is 5.82 Å². The molecule has 96 valence electrons. The van der Waals surface area contributed by atoms with E-state index in [0.29, 0.717) is 17.3 Å². The van der Waals surface area contributed by atoms with E-state index in [1.165, 1.54) is 12.1 Å². The molecule has 0 spiro atoms. The summed E-state index contributed by atoms with van der Waals surface area (Å²) in [6, 6.07) is 4.31. The molecule has 0 saturated carbocycles. The number of hydrogen-bond acceptors (Lipinski definition) is 4. The first-order chi connectivity index (χ1) is 8.65. The van der Waals surface area contributed by atoms with Crippen molar-refractivity contribution in [3.63, 3.8) is 0 Å². The number of aromatic nitrogens is 2. The summed E-state index contributed by atoms with van der Waals surface area (Å²) in [6.45, 7) is 2.01. The predicted octanol–water partition coefficient (Wildman–Crippen LogP) is 3.20.